The summed E-state index contributed by atoms with van der Waals surface area (Å²) in [7, 11) is 0. The van der Waals surface area contributed by atoms with E-state index in [0.717, 1.165) is 21.9 Å². The predicted molar refractivity (Wildman–Crippen MR) is 78.3 cm³/mol. The Kier molecular flexibility index (Phi) is 3.48. The van der Waals surface area contributed by atoms with E-state index in [9.17, 15) is 0 Å². The van der Waals surface area contributed by atoms with Crippen molar-refractivity contribution in [2.45, 2.75) is 6.54 Å². The van der Waals surface area contributed by atoms with Crippen molar-refractivity contribution in [2.24, 2.45) is 0 Å². The Bertz CT molecular complexity index is 741. The minimum absolute atomic E-state index is 0.701. The Balaban J connectivity index is 1.72. The van der Waals surface area contributed by atoms with Crippen LogP contribution in [0.15, 0.2) is 52.7 Å². The Morgan fingerprint density at radius 2 is 2.30 bits per heavy atom. The molecule has 0 aliphatic carbocycles. The highest BCUT2D eigenvalue weighted by atomic mass is 32.1. The summed E-state index contributed by atoms with van der Waals surface area (Å²) >= 11 is 1.58. The molecular weight excluding hydrogens is 270 g/mol. The quantitative estimate of drug-likeness (QED) is 0.788. The van der Waals surface area contributed by atoms with Crippen LogP contribution in [0.2, 0.25) is 0 Å². The van der Waals surface area contributed by atoms with Crippen molar-refractivity contribution < 1.29 is 4.42 Å². The van der Waals surface area contributed by atoms with Crippen LogP contribution < -0.4 is 5.32 Å². The van der Waals surface area contributed by atoms with Crippen LogP contribution in [0.3, 0.4) is 0 Å². The highest BCUT2D eigenvalue weighted by Crippen LogP contribution is 2.23. The number of hydrogen-bond acceptors (Lipinski definition) is 5. The van der Waals surface area contributed by atoms with Gasteiger partial charge in [0.25, 0.3) is 0 Å². The van der Waals surface area contributed by atoms with E-state index in [-0.39, 0.29) is 0 Å². The summed E-state index contributed by atoms with van der Waals surface area (Å²) in [5, 5.41) is 14.0. The molecule has 0 radical (unpaired) electrons. The van der Waals surface area contributed by atoms with E-state index in [1.54, 1.807) is 17.5 Å². The van der Waals surface area contributed by atoms with Gasteiger partial charge in [0.1, 0.15) is 6.07 Å². The molecule has 98 valence electrons. The monoisotopic (exact) mass is 281 g/mol. The maximum Gasteiger partial charge on any atom is 0.181 e. The number of nitriles is 1. The first kappa shape index (κ1) is 12.5. The molecule has 0 aliphatic heterocycles. The van der Waals surface area contributed by atoms with Gasteiger partial charge in [-0.05, 0) is 18.2 Å². The molecular formula is C15H11N3OS. The lowest BCUT2D eigenvalue weighted by atomic mass is 10.1. The van der Waals surface area contributed by atoms with E-state index in [4.69, 9.17) is 9.68 Å². The number of hydrogen-bond donors (Lipinski definition) is 1. The molecule has 2 aromatic heterocycles. The zero-order chi connectivity index (χ0) is 13.8. The van der Waals surface area contributed by atoms with Crippen LogP contribution in [0.1, 0.15) is 10.4 Å². The lowest BCUT2D eigenvalue weighted by Crippen LogP contribution is -1.97. The number of nitrogens with one attached hydrogen (secondary N) is 1. The maximum absolute atomic E-state index is 8.80. The van der Waals surface area contributed by atoms with Gasteiger partial charge in [-0.1, -0.05) is 12.1 Å². The molecule has 0 spiro atoms. The normalized spacial score (nSPS) is 10.2. The number of benzene rings is 1. The van der Waals surface area contributed by atoms with Gasteiger partial charge in [0, 0.05) is 28.1 Å². The van der Waals surface area contributed by atoms with E-state index >= 15 is 0 Å². The molecule has 3 aromatic rings. The third-order valence-electron chi connectivity index (χ3n) is 2.83. The highest BCUT2D eigenvalue weighted by molar-refractivity contribution is 7.10. The number of rotatable bonds is 4. The fourth-order valence-electron chi connectivity index (χ4n) is 1.86. The second-order valence-electron chi connectivity index (χ2n) is 4.21. The van der Waals surface area contributed by atoms with E-state index in [2.05, 4.69) is 16.4 Å². The van der Waals surface area contributed by atoms with Crippen LogP contribution in [0.25, 0.3) is 11.3 Å². The minimum Gasteiger partial charge on any atom is -0.444 e. The van der Waals surface area contributed by atoms with Crippen LogP contribution in [0.5, 0.6) is 0 Å². The van der Waals surface area contributed by atoms with E-state index in [1.807, 2.05) is 35.7 Å². The van der Waals surface area contributed by atoms with Crippen molar-refractivity contribution in [2.75, 3.05) is 5.32 Å². The van der Waals surface area contributed by atoms with Gasteiger partial charge in [0.2, 0.25) is 0 Å². The highest BCUT2D eigenvalue weighted by Gasteiger charge is 2.03. The number of nitrogens with zero attached hydrogens (tertiary/aromatic N) is 2. The van der Waals surface area contributed by atoms with Gasteiger partial charge in [0.05, 0.1) is 11.8 Å². The lowest BCUT2D eigenvalue weighted by Gasteiger charge is -2.06. The summed E-state index contributed by atoms with van der Waals surface area (Å²) in [6.45, 7) is 0.701. The van der Waals surface area contributed by atoms with Crippen molar-refractivity contribution in [1.82, 2.24) is 4.98 Å². The number of thiophene rings is 1. The zero-order valence-corrected chi connectivity index (χ0v) is 11.4. The van der Waals surface area contributed by atoms with Crippen molar-refractivity contribution in [3.8, 4) is 17.4 Å². The van der Waals surface area contributed by atoms with E-state index in [0.29, 0.717) is 12.1 Å². The average molecular weight is 281 g/mol. The largest absolute Gasteiger partial charge is 0.444 e. The van der Waals surface area contributed by atoms with Gasteiger partial charge in [-0.25, -0.2) is 4.98 Å². The molecule has 0 fully saturated rings. The number of aromatic nitrogens is 1. The summed E-state index contributed by atoms with van der Waals surface area (Å²) in [5.41, 5.74) is 2.70. The molecule has 0 atom stereocenters. The Morgan fingerprint density at radius 3 is 3.05 bits per heavy atom. The predicted octanol–water partition coefficient (Wildman–Crippen LogP) is 3.89. The molecule has 0 aliphatic rings. The molecule has 20 heavy (non-hydrogen) atoms. The summed E-state index contributed by atoms with van der Waals surface area (Å²) in [4.78, 5) is 5.05. The first-order valence-corrected chi connectivity index (χ1v) is 6.93. The molecule has 0 saturated heterocycles. The standard InChI is InChI=1S/C15H11N3OS/c16-6-11-4-14(20-9-11)7-18-13-3-1-2-12(5-13)15-8-17-10-19-15/h1-5,8-10,18H,7H2. The summed E-state index contributed by atoms with van der Waals surface area (Å²) < 4.78 is 5.28. The maximum atomic E-state index is 8.80. The molecule has 0 unspecified atom stereocenters. The molecule has 0 amide bonds. The topological polar surface area (TPSA) is 61.9 Å². The van der Waals surface area contributed by atoms with Gasteiger partial charge in [-0.15, -0.1) is 11.3 Å². The van der Waals surface area contributed by atoms with Crippen molar-refractivity contribution in [3.63, 3.8) is 0 Å². The third-order valence-corrected chi connectivity index (χ3v) is 3.77. The van der Waals surface area contributed by atoms with Gasteiger partial charge in [-0.3, -0.25) is 0 Å². The van der Waals surface area contributed by atoms with Crippen LogP contribution in [-0.4, -0.2) is 4.98 Å². The average Bonchev–Trinajstić information content (AvgIpc) is 3.17. The van der Waals surface area contributed by atoms with Crippen molar-refractivity contribution in [1.29, 1.82) is 5.26 Å². The Labute approximate surface area is 120 Å². The first-order valence-electron chi connectivity index (χ1n) is 6.05. The van der Waals surface area contributed by atoms with E-state index in [1.165, 1.54) is 6.39 Å². The molecule has 1 N–H and O–H groups in total. The van der Waals surface area contributed by atoms with Crippen molar-refractivity contribution >= 4 is 17.0 Å². The molecule has 0 saturated carbocycles. The van der Waals surface area contributed by atoms with Crippen molar-refractivity contribution in [3.05, 3.63) is 58.7 Å². The van der Waals surface area contributed by atoms with Gasteiger partial charge < -0.3 is 9.73 Å². The summed E-state index contributed by atoms with van der Waals surface area (Å²) in [6, 6.07) is 12.0. The van der Waals surface area contributed by atoms with E-state index < -0.39 is 0 Å². The SMILES string of the molecule is N#Cc1csc(CNc2cccc(-c3cnco3)c2)c1. The lowest BCUT2D eigenvalue weighted by molar-refractivity contribution is 0.572. The molecule has 0 bridgehead atoms. The second-order valence-corrected chi connectivity index (χ2v) is 5.21. The number of anilines is 1. The summed E-state index contributed by atoms with van der Waals surface area (Å²) in [6.07, 6.45) is 3.11. The smallest absolute Gasteiger partial charge is 0.181 e. The van der Waals surface area contributed by atoms with Crippen LogP contribution >= 0.6 is 11.3 Å². The molecule has 2 heterocycles. The molecule has 4 nitrogen and oxygen atoms in total. The first-order chi connectivity index (χ1) is 9.85. The number of oxazole rings is 1. The van der Waals surface area contributed by atoms with Gasteiger partial charge in [0.15, 0.2) is 12.2 Å². The Hall–Kier alpha value is -2.58. The van der Waals surface area contributed by atoms with Gasteiger partial charge in [-0.2, -0.15) is 5.26 Å². The Morgan fingerprint density at radius 1 is 1.35 bits per heavy atom. The minimum atomic E-state index is 0.701. The van der Waals surface area contributed by atoms with Crippen LogP contribution in [0.4, 0.5) is 5.69 Å². The summed E-state index contributed by atoms with van der Waals surface area (Å²) in [5.74, 6) is 0.747. The molecule has 5 heteroatoms. The van der Waals surface area contributed by atoms with Crippen LogP contribution in [-0.2, 0) is 6.54 Å². The second kappa shape index (κ2) is 5.59. The molecule has 1 aromatic carbocycles. The van der Waals surface area contributed by atoms with Crippen LogP contribution in [0, 0.1) is 11.3 Å². The fourth-order valence-corrected chi connectivity index (χ4v) is 2.61. The van der Waals surface area contributed by atoms with Gasteiger partial charge >= 0.3 is 0 Å². The fraction of sp³-hybridized carbons (Fsp3) is 0.0667. The third kappa shape index (κ3) is 2.71. The zero-order valence-electron chi connectivity index (χ0n) is 10.5. The molecule has 3 rings (SSSR count).